The van der Waals surface area contributed by atoms with Gasteiger partial charge < -0.3 is 4.57 Å². The molecule has 0 N–H and O–H groups in total. The Labute approximate surface area is 105 Å². The van der Waals surface area contributed by atoms with Crippen LogP contribution < -0.4 is 5.56 Å². The maximum atomic E-state index is 12.5. The van der Waals surface area contributed by atoms with Gasteiger partial charge in [-0.15, -0.1) is 0 Å². The first kappa shape index (κ1) is 11.0. The minimum absolute atomic E-state index is 0.0966. The summed E-state index contributed by atoms with van der Waals surface area (Å²) < 4.78 is 1.87. The lowest BCUT2D eigenvalue weighted by Crippen LogP contribution is -2.22. The predicted molar refractivity (Wildman–Crippen MR) is 76.1 cm³/mol. The van der Waals surface area contributed by atoms with Crippen LogP contribution in [-0.2, 0) is 0 Å². The molecule has 0 saturated heterocycles. The van der Waals surface area contributed by atoms with E-state index in [1.54, 1.807) is 0 Å². The summed E-state index contributed by atoms with van der Waals surface area (Å²) in [6.07, 6.45) is 0. The van der Waals surface area contributed by atoms with Crippen LogP contribution in [0.15, 0.2) is 53.3 Å². The zero-order chi connectivity index (χ0) is 12.7. The lowest BCUT2D eigenvalue weighted by molar-refractivity contribution is 0.604. The second-order valence-corrected chi connectivity index (χ2v) is 4.83. The van der Waals surface area contributed by atoms with Crippen LogP contribution in [-0.4, -0.2) is 4.57 Å². The Hall–Kier alpha value is -2.09. The molecule has 0 aliphatic rings. The molecule has 0 amide bonds. The number of hydrogen-bond acceptors (Lipinski definition) is 1. The van der Waals surface area contributed by atoms with Crippen LogP contribution >= 0.6 is 0 Å². The first-order valence-electron chi connectivity index (χ1n) is 6.22. The molecule has 3 aromatic rings. The molecule has 0 saturated carbocycles. The van der Waals surface area contributed by atoms with E-state index in [0.29, 0.717) is 0 Å². The fraction of sp³-hybridized carbons (Fsp3) is 0.188. The highest BCUT2D eigenvalue weighted by molar-refractivity contribution is 6.05. The van der Waals surface area contributed by atoms with Crippen molar-refractivity contribution in [1.29, 1.82) is 0 Å². The highest BCUT2D eigenvalue weighted by Gasteiger charge is 2.11. The van der Waals surface area contributed by atoms with E-state index in [-0.39, 0.29) is 11.6 Å². The zero-order valence-electron chi connectivity index (χ0n) is 10.6. The lowest BCUT2D eigenvalue weighted by Gasteiger charge is -2.15. The highest BCUT2D eigenvalue weighted by atomic mass is 16.1. The molecule has 0 aliphatic heterocycles. The largest absolute Gasteiger partial charge is 0.305 e. The Bertz CT molecular complexity index is 784. The third kappa shape index (κ3) is 1.46. The number of fused-ring (bicyclic) bond motifs is 3. The Kier molecular flexibility index (Phi) is 2.44. The van der Waals surface area contributed by atoms with Crippen LogP contribution in [0.5, 0.6) is 0 Å². The molecule has 90 valence electrons. The quantitative estimate of drug-likeness (QED) is 0.591. The predicted octanol–water partition coefficient (Wildman–Crippen LogP) is 3.74. The summed E-state index contributed by atoms with van der Waals surface area (Å²) in [5.74, 6) is 0. The average Bonchev–Trinajstić information content (AvgIpc) is 2.39. The van der Waals surface area contributed by atoms with Crippen molar-refractivity contribution in [3.05, 3.63) is 58.9 Å². The molecule has 0 bridgehead atoms. The van der Waals surface area contributed by atoms with E-state index in [2.05, 4.69) is 6.07 Å². The van der Waals surface area contributed by atoms with Crippen LogP contribution in [0.25, 0.3) is 21.7 Å². The SMILES string of the molecule is CC(C)n1c(=O)c2ccccc2c2ccccc21. The Morgan fingerprint density at radius 2 is 1.39 bits per heavy atom. The number of rotatable bonds is 1. The molecule has 1 heterocycles. The van der Waals surface area contributed by atoms with E-state index in [4.69, 9.17) is 0 Å². The summed E-state index contributed by atoms with van der Waals surface area (Å²) in [6, 6.07) is 16.1. The van der Waals surface area contributed by atoms with E-state index in [1.807, 2.05) is 60.9 Å². The fourth-order valence-electron chi connectivity index (χ4n) is 2.57. The van der Waals surface area contributed by atoms with Crippen molar-refractivity contribution in [2.75, 3.05) is 0 Å². The van der Waals surface area contributed by atoms with Gasteiger partial charge in [-0.1, -0.05) is 36.4 Å². The molecule has 18 heavy (non-hydrogen) atoms. The van der Waals surface area contributed by atoms with Gasteiger partial charge in [0.15, 0.2) is 0 Å². The number of pyridine rings is 1. The second-order valence-electron chi connectivity index (χ2n) is 4.83. The summed E-state index contributed by atoms with van der Waals surface area (Å²) in [5.41, 5.74) is 1.11. The van der Waals surface area contributed by atoms with Gasteiger partial charge in [-0.25, -0.2) is 0 Å². The summed E-state index contributed by atoms with van der Waals surface area (Å²) in [5, 5.41) is 2.97. The average molecular weight is 237 g/mol. The number of hydrogen-bond donors (Lipinski definition) is 0. The fourth-order valence-corrected chi connectivity index (χ4v) is 2.57. The van der Waals surface area contributed by atoms with Crippen LogP contribution in [0.3, 0.4) is 0 Å². The van der Waals surface area contributed by atoms with Crippen LogP contribution in [0, 0.1) is 0 Å². The van der Waals surface area contributed by atoms with Gasteiger partial charge in [-0.05, 0) is 31.4 Å². The monoisotopic (exact) mass is 237 g/mol. The molecule has 1 aromatic heterocycles. The number of benzene rings is 2. The van der Waals surface area contributed by atoms with Crippen molar-refractivity contribution in [1.82, 2.24) is 4.57 Å². The first-order chi connectivity index (χ1) is 8.70. The molecule has 3 rings (SSSR count). The maximum Gasteiger partial charge on any atom is 0.259 e. The van der Waals surface area contributed by atoms with Crippen molar-refractivity contribution in [2.45, 2.75) is 19.9 Å². The van der Waals surface area contributed by atoms with Gasteiger partial charge in [0.1, 0.15) is 0 Å². The highest BCUT2D eigenvalue weighted by Crippen LogP contribution is 2.24. The van der Waals surface area contributed by atoms with Crippen molar-refractivity contribution in [2.24, 2.45) is 0 Å². The molecule has 0 aliphatic carbocycles. The summed E-state index contributed by atoms with van der Waals surface area (Å²) in [4.78, 5) is 12.5. The molecular weight excluding hydrogens is 222 g/mol. The molecule has 0 fully saturated rings. The van der Waals surface area contributed by atoms with Crippen molar-refractivity contribution < 1.29 is 0 Å². The van der Waals surface area contributed by atoms with Crippen LogP contribution in [0.4, 0.5) is 0 Å². The molecule has 2 heteroatoms. The van der Waals surface area contributed by atoms with Gasteiger partial charge in [0.2, 0.25) is 0 Å². The summed E-state index contributed by atoms with van der Waals surface area (Å²) in [7, 11) is 0. The van der Waals surface area contributed by atoms with Gasteiger partial charge in [0, 0.05) is 16.8 Å². The number of nitrogens with zero attached hydrogens (tertiary/aromatic N) is 1. The van der Waals surface area contributed by atoms with Crippen LogP contribution in [0.1, 0.15) is 19.9 Å². The van der Waals surface area contributed by atoms with E-state index in [1.165, 1.54) is 0 Å². The second kappa shape index (κ2) is 3.98. The van der Waals surface area contributed by atoms with Gasteiger partial charge >= 0.3 is 0 Å². The van der Waals surface area contributed by atoms with Gasteiger partial charge in [0.25, 0.3) is 5.56 Å². The number of aromatic nitrogens is 1. The molecular formula is C16H15NO. The lowest BCUT2D eigenvalue weighted by atomic mass is 10.1. The van der Waals surface area contributed by atoms with Gasteiger partial charge in [-0.2, -0.15) is 0 Å². The molecule has 2 nitrogen and oxygen atoms in total. The Balaban J connectivity index is 2.67. The summed E-state index contributed by atoms with van der Waals surface area (Å²) in [6.45, 7) is 4.09. The van der Waals surface area contributed by atoms with E-state index < -0.39 is 0 Å². The van der Waals surface area contributed by atoms with Crippen molar-refractivity contribution >= 4 is 21.7 Å². The number of para-hydroxylation sites is 1. The molecule has 2 aromatic carbocycles. The summed E-state index contributed by atoms with van der Waals surface area (Å²) >= 11 is 0. The molecule has 0 radical (unpaired) electrons. The van der Waals surface area contributed by atoms with Gasteiger partial charge in [0.05, 0.1) is 5.52 Å². The minimum atomic E-state index is 0.0966. The van der Waals surface area contributed by atoms with E-state index in [9.17, 15) is 4.79 Å². The standard InChI is InChI=1S/C16H15NO/c1-11(2)17-15-10-6-5-8-13(15)12-7-3-4-9-14(12)16(17)18/h3-11H,1-2H3. The van der Waals surface area contributed by atoms with Crippen molar-refractivity contribution in [3.63, 3.8) is 0 Å². The van der Waals surface area contributed by atoms with Crippen LogP contribution in [0.2, 0.25) is 0 Å². The van der Waals surface area contributed by atoms with Gasteiger partial charge in [-0.3, -0.25) is 4.79 Å². The molecule has 0 spiro atoms. The Morgan fingerprint density at radius 1 is 0.833 bits per heavy atom. The molecule has 0 unspecified atom stereocenters. The van der Waals surface area contributed by atoms with E-state index in [0.717, 1.165) is 21.7 Å². The Morgan fingerprint density at radius 3 is 2.06 bits per heavy atom. The third-order valence-corrected chi connectivity index (χ3v) is 3.35. The maximum absolute atomic E-state index is 12.5. The minimum Gasteiger partial charge on any atom is -0.305 e. The normalized spacial score (nSPS) is 11.5. The van der Waals surface area contributed by atoms with Crippen molar-refractivity contribution in [3.8, 4) is 0 Å². The smallest absolute Gasteiger partial charge is 0.259 e. The molecule has 0 atom stereocenters. The van der Waals surface area contributed by atoms with E-state index >= 15 is 0 Å². The topological polar surface area (TPSA) is 22.0 Å². The first-order valence-corrected chi connectivity index (χ1v) is 6.22. The zero-order valence-corrected chi connectivity index (χ0v) is 10.6. The third-order valence-electron chi connectivity index (χ3n) is 3.35.